The number of carbonyl (C=O) groups is 1. The van der Waals surface area contributed by atoms with Crippen LogP contribution in [0.25, 0.3) is 22.0 Å². The SMILES string of the molecule is C[C@H](NC(=O)c1cccnc1/C(C=N)=C/N)c1cc2cccc(Cl)c2c(=O)n1-c1ccccc1. The summed E-state index contributed by atoms with van der Waals surface area (Å²) in [5.74, 6) is -0.407. The summed E-state index contributed by atoms with van der Waals surface area (Å²) in [6.07, 6.45) is 3.81. The van der Waals surface area contributed by atoms with Crippen molar-refractivity contribution >= 4 is 40.1 Å². The Hall–Kier alpha value is -4.23. The highest BCUT2D eigenvalue weighted by Gasteiger charge is 2.21. The fourth-order valence-corrected chi connectivity index (χ4v) is 4.13. The Bertz CT molecular complexity index is 1480. The van der Waals surface area contributed by atoms with Crippen molar-refractivity contribution in [2.24, 2.45) is 5.73 Å². The Morgan fingerprint density at radius 3 is 2.62 bits per heavy atom. The van der Waals surface area contributed by atoms with Gasteiger partial charge in [0, 0.05) is 35.6 Å². The van der Waals surface area contributed by atoms with Crippen molar-refractivity contribution in [2.45, 2.75) is 13.0 Å². The van der Waals surface area contributed by atoms with E-state index in [0.717, 1.165) is 6.21 Å². The molecule has 0 saturated carbocycles. The zero-order chi connectivity index (χ0) is 24.2. The lowest BCUT2D eigenvalue weighted by atomic mass is 10.0. The van der Waals surface area contributed by atoms with E-state index in [1.54, 1.807) is 35.8 Å². The number of nitrogens with one attached hydrogen (secondary N) is 2. The molecule has 0 aliphatic carbocycles. The topological polar surface area (TPSA) is 114 Å². The van der Waals surface area contributed by atoms with Gasteiger partial charge < -0.3 is 16.5 Å². The molecule has 170 valence electrons. The molecule has 1 atom stereocenters. The molecule has 0 bridgehead atoms. The maximum absolute atomic E-state index is 13.6. The number of rotatable bonds is 6. The summed E-state index contributed by atoms with van der Waals surface area (Å²) >= 11 is 6.37. The molecule has 0 unspecified atom stereocenters. The normalized spacial score (nSPS) is 12.4. The van der Waals surface area contributed by atoms with E-state index in [9.17, 15) is 9.59 Å². The van der Waals surface area contributed by atoms with E-state index in [1.165, 1.54) is 12.4 Å². The summed E-state index contributed by atoms with van der Waals surface area (Å²) < 4.78 is 1.56. The standard InChI is InChI=1S/C26H22ClN5O2/c1-16(31-25(33)20-10-6-12-30-24(20)18(14-28)15-29)22-13-17-7-5-11-21(27)23(17)26(34)32(22)19-8-3-2-4-9-19/h2-16,28H,29H2,1H3,(H,31,33)/b18-15+,28-14?/t16-/m0/s1. The highest BCUT2D eigenvalue weighted by molar-refractivity contribution is 6.35. The summed E-state index contributed by atoms with van der Waals surface area (Å²) in [6.45, 7) is 1.80. The van der Waals surface area contributed by atoms with Crippen molar-refractivity contribution in [1.29, 1.82) is 5.41 Å². The molecule has 0 aliphatic heterocycles. The molecular weight excluding hydrogens is 450 g/mol. The first-order valence-corrected chi connectivity index (χ1v) is 10.9. The summed E-state index contributed by atoms with van der Waals surface area (Å²) in [5, 5.41) is 12.0. The number of benzene rings is 2. The van der Waals surface area contributed by atoms with E-state index in [4.69, 9.17) is 22.7 Å². The van der Waals surface area contributed by atoms with Crippen molar-refractivity contribution in [3.63, 3.8) is 0 Å². The van der Waals surface area contributed by atoms with Gasteiger partial charge in [0.05, 0.1) is 27.7 Å². The third-order valence-corrected chi connectivity index (χ3v) is 5.81. The average Bonchev–Trinajstić information content (AvgIpc) is 2.85. The fourth-order valence-electron chi connectivity index (χ4n) is 3.86. The van der Waals surface area contributed by atoms with Crippen LogP contribution in [0.1, 0.15) is 34.7 Å². The maximum atomic E-state index is 13.6. The number of amides is 1. The number of aromatic nitrogens is 2. The quantitative estimate of drug-likeness (QED) is 0.360. The molecule has 1 amide bonds. The van der Waals surface area contributed by atoms with Gasteiger partial charge in [-0.25, -0.2) is 0 Å². The number of nitrogens with zero attached hydrogens (tertiary/aromatic N) is 2. The first-order chi connectivity index (χ1) is 16.5. The fraction of sp³-hybridized carbons (Fsp3) is 0.0769. The van der Waals surface area contributed by atoms with Crippen LogP contribution in [-0.4, -0.2) is 21.7 Å². The molecule has 2 aromatic heterocycles. The monoisotopic (exact) mass is 471 g/mol. The Labute approximate surface area is 201 Å². The molecule has 0 saturated heterocycles. The molecule has 4 N–H and O–H groups in total. The molecule has 4 rings (SSSR count). The Morgan fingerprint density at radius 1 is 1.15 bits per heavy atom. The van der Waals surface area contributed by atoms with Gasteiger partial charge in [-0.1, -0.05) is 41.9 Å². The minimum absolute atomic E-state index is 0.270. The molecule has 4 aromatic rings. The van der Waals surface area contributed by atoms with E-state index in [-0.39, 0.29) is 11.1 Å². The van der Waals surface area contributed by atoms with Gasteiger partial charge in [0.25, 0.3) is 11.5 Å². The maximum Gasteiger partial charge on any atom is 0.264 e. The summed E-state index contributed by atoms with van der Waals surface area (Å²) in [6, 6.07) is 19.0. The predicted molar refractivity (Wildman–Crippen MR) is 136 cm³/mol. The van der Waals surface area contributed by atoms with Crippen molar-refractivity contribution in [1.82, 2.24) is 14.9 Å². The first kappa shape index (κ1) is 22.9. The molecule has 34 heavy (non-hydrogen) atoms. The smallest absolute Gasteiger partial charge is 0.264 e. The van der Waals surface area contributed by atoms with Gasteiger partial charge in [-0.05, 0) is 48.7 Å². The lowest BCUT2D eigenvalue weighted by Gasteiger charge is -2.21. The largest absolute Gasteiger partial charge is 0.404 e. The second-order valence-electron chi connectivity index (χ2n) is 7.61. The van der Waals surface area contributed by atoms with Crippen LogP contribution >= 0.6 is 11.6 Å². The zero-order valence-corrected chi connectivity index (χ0v) is 19.1. The molecule has 7 nitrogen and oxygen atoms in total. The van der Waals surface area contributed by atoms with E-state index < -0.39 is 11.9 Å². The average molecular weight is 472 g/mol. The number of hydrogen-bond acceptors (Lipinski definition) is 5. The molecule has 8 heteroatoms. The van der Waals surface area contributed by atoms with Crippen LogP contribution in [0.2, 0.25) is 5.02 Å². The van der Waals surface area contributed by atoms with E-state index >= 15 is 0 Å². The van der Waals surface area contributed by atoms with Gasteiger partial charge in [-0.3, -0.25) is 19.1 Å². The lowest BCUT2D eigenvalue weighted by molar-refractivity contribution is 0.0938. The highest BCUT2D eigenvalue weighted by atomic mass is 35.5. The number of carbonyl (C=O) groups excluding carboxylic acids is 1. The van der Waals surface area contributed by atoms with E-state index in [1.807, 2.05) is 42.5 Å². The number of halogens is 1. The summed E-state index contributed by atoms with van der Waals surface area (Å²) in [4.78, 5) is 31.0. The highest BCUT2D eigenvalue weighted by Crippen LogP contribution is 2.26. The van der Waals surface area contributed by atoms with Crippen LogP contribution < -0.4 is 16.6 Å². The van der Waals surface area contributed by atoms with E-state index in [2.05, 4.69) is 10.3 Å². The van der Waals surface area contributed by atoms with Crippen LogP contribution in [0, 0.1) is 5.41 Å². The van der Waals surface area contributed by atoms with Crippen molar-refractivity contribution in [3.05, 3.63) is 111 Å². The van der Waals surface area contributed by atoms with Gasteiger partial charge in [-0.15, -0.1) is 0 Å². The van der Waals surface area contributed by atoms with Gasteiger partial charge >= 0.3 is 0 Å². The molecule has 0 radical (unpaired) electrons. The van der Waals surface area contributed by atoms with Gasteiger partial charge in [-0.2, -0.15) is 0 Å². The summed E-state index contributed by atoms with van der Waals surface area (Å²) in [7, 11) is 0. The number of hydrogen-bond donors (Lipinski definition) is 3. The number of para-hydroxylation sites is 1. The predicted octanol–water partition coefficient (Wildman–Crippen LogP) is 4.48. The first-order valence-electron chi connectivity index (χ1n) is 10.5. The number of nitrogens with two attached hydrogens (primary N) is 1. The Morgan fingerprint density at radius 2 is 1.91 bits per heavy atom. The molecule has 0 spiro atoms. The number of fused-ring (bicyclic) bond motifs is 1. The van der Waals surface area contributed by atoms with Gasteiger partial charge in [0.1, 0.15) is 0 Å². The lowest BCUT2D eigenvalue weighted by Crippen LogP contribution is -2.32. The molecule has 0 aliphatic rings. The van der Waals surface area contributed by atoms with E-state index in [0.29, 0.717) is 38.4 Å². The second kappa shape index (κ2) is 9.72. The number of pyridine rings is 2. The number of allylic oxidation sites excluding steroid dienone is 1. The summed E-state index contributed by atoms with van der Waals surface area (Å²) in [5.41, 5.74) is 7.47. The van der Waals surface area contributed by atoms with Gasteiger partial charge in [0.15, 0.2) is 0 Å². The Kier molecular flexibility index (Phi) is 6.56. The van der Waals surface area contributed by atoms with Crippen LogP contribution in [-0.2, 0) is 0 Å². The minimum atomic E-state index is -0.554. The van der Waals surface area contributed by atoms with Crippen molar-refractivity contribution < 1.29 is 4.79 Å². The van der Waals surface area contributed by atoms with Crippen LogP contribution in [0.15, 0.2) is 83.9 Å². The second-order valence-corrected chi connectivity index (χ2v) is 8.02. The van der Waals surface area contributed by atoms with Crippen LogP contribution in [0.5, 0.6) is 0 Å². The molecular formula is C26H22ClN5O2. The Balaban J connectivity index is 1.83. The third-order valence-electron chi connectivity index (χ3n) is 5.49. The molecule has 0 fully saturated rings. The van der Waals surface area contributed by atoms with Gasteiger partial charge in [0.2, 0.25) is 0 Å². The zero-order valence-electron chi connectivity index (χ0n) is 18.3. The molecule has 2 heterocycles. The van der Waals surface area contributed by atoms with Crippen molar-refractivity contribution in [2.75, 3.05) is 0 Å². The van der Waals surface area contributed by atoms with Crippen LogP contribution in [0.3, 0.4) is 0 Å². The van der Waals surface area contributed by atoms with Crippen LogP contribution in [0.4, 0.5) is 0 Å². The minimum Gasteiger partial charge on any atom is -0.404 e. The molecule has 2 aromatic carbocycles. The van der Waals surface area contributed by atoms with Crippen molar-refractivity contribution in [3.8, 4) is 5.69 Å². The third kappa shape index (κ3) is 4.21.